The Bertz CT molecular complexity index is 385. The van der Waals surface area contributed by atoms with Gasteiger partial charge < -0.3 is 5.11 Å². The third-order valence-electron chi connectivity index (χ3n) is 3.29. The molecule has 0 aliphatic heterocycles. The van der Waals surface area contributed by atoms with E-state index in [0.29, 0.717) is 11.5 Å². The van der Waals surface area contributed by atoms with Crippen LogP contribution in [-0.4, -0.2) is 16.5 Å². The molecule has 0 heterocycles. The third kappa shape index (κ3) is 3.95. The van der Waals surface area contributed by atoms with Gasteiger partial charge >= 0.3 is 0 Å². The van der Waals surface area contributed by atoms with Crippen LogP contribution in [0.2, 0.25) is 0 Å². The van der Waals surface area contributed by atoms with Gasteiger partial charge in [0.25, 0.3) is 0 Å². The van der Waals surface area contributed by atoms with Crippen molar-refractivity contribution in [1.29, 1.82) is 0 Å². The summed E-state index contributed by atoms with van der Waals surface area (Å²) in [6.45, 7) is 7.44. The van der Waals surface area contributed by atoms with Gasteiger partial charge in [-0.15, -0.1) is 0 Å². The molecule has 1 rings (SSSR count). The van der Waals surface area contributed by atoms with Crippen molar-refractivity contribution >= 4 is 5.78 Å². The summed E-state index contributed by atoms with van der Waals surface area (Å²) in [4.78, 5) is 11.9. The fraction of sp³-hybridized carbons (Fsp3) is 0.562. The maximum Gasteiger partial charge on any atom is 0.193 e. The van der Waals surface area contributed by atoms with E-state index in [1.54, 1.807) is 0 Å². The topological polar surface area (TPSA) is 37.3 Å². The summed E-state index contributed by atoms with van der Waals surface area (Å²) < 4.78 is 0. The molecule has 0 saturated heterocycles. The minimum atomic E-state index is -1.30. The molecule has 0 amide bonds. The highest BCUT2D eigenvalue weighted by Gasteiger charge is 2.24. The lowest BCUT2D eigenvalue weighted by molar-refractivity contribution is 0.0488. The molecule has 1 aromatic rings. The van der Waals surface area contributed by atoms with E-state index >= 15 is 0 Å². The number of rotatable bonds is 6. The minimum absolute atomic E-state index is 0.227. The van der Waals surface area contributed by atoms with Crippen LogP contribution in [0.15, 0.2) is 24.3 Å². The minimum Gasteiger partial charge on any atom is -0.382 e. The lowest BCUT2D eigenvalue weighted by Gasteiger charge is -2.16. The van der Waals surface area contributed by atoms with Crippen LogP contribution in [0.4, 0.5) is 0 Å². The Kier molecular flexibility index (Phi) is 5.09. The van der Waals surface area contributed by atoms with Gasteiger partial charge in [-0.1, -0.05) is 51.0 Å². The fourth-order valence-corrected chi connectivity index (χ4v) is 1.99. The van der Waals surface area contributed by atoms with Crippen molar-refractivity contribution in [3.63, 3.8) is 0 Å². The SMILES string of the molecule is CCCCC(C)c1ccc(C(=O)C(C)(C)O)cc1. The average molecular weight is 248 g/mol. The molecule has 100 valence electrons. The van der Waals surface area contributed by atoms with Crippen LogP contribution in [0, 0.1) is 0 Å². The number of carbonyl (C=O) groups excluding carboxylic acids is 1. The van der Waals surface area contributed by atoms with Crippen LogP contribution in [0.25, 0.3) is 0 Å². The molecule has 0 saturated carbocycles. The van der Waals surface area contributed by atoms with E-state index in [1.165, 1.54) is 38.7 Å². The highest BCUT2D eigenvalue weighted by molar-refractivity contribution is 6.01. The zero-order valence-corrected chi connectivity index (χ0v) is 11.9. The third-order valence-corrected chi connectivity index (χ3v) is 3.29. The van der Waals surface area contributed by atoms with Gasteiger partial charge in [0.2, 0.25) is 0 Å². The summed E-state index contributed by atoms with van der Waals surface area (Å²) in [5.41, 5.74) is 0.541. The van der Waals surface area contributed by atoms with Gasteiger partial charge in [0.05, 0.1) is 0 Å². The Morgan fingerprint density at radius 2 is 1.83 bits per heavy atom. The summed E-state index contributed by atoms with van der Waals surface area (Å²) in [5, 5.41) is 9.68. The molecule has 1 N–H and O–H groups in total. The van der Waals surface area contributed by atoms with Crippen LogP contribution >= 0.6 is 0 Å². The molecule has 1 unspecified atom stereocenters. The molecule has 0 bridgehead atoms. The maximum atomic E-state index is 11.9. The van der Waals surface area contributed by atoms with Crippen molar-refractivity contribution < 1.29 is 9.90 Å². The van der Waals surface area contributed by atoms with E-state index in [0.717, 1.165) is 0 Å². The Morgan fingerprint density at radius 1 is 1.28 bits per heavy atom. The summed E-state index contributed by atoms with van der Waals surface area (Å²) in [5.74, 6) is 0.298. The van der Waals surface area contributed by atoms with E-state index < -0.39 is 5.60 Å². The maximum absolute atomic E-state index is 11.9. The molecule has 0 spiro atoms. The molecule has 0 radical (unpaired) electrons. The molecule has 0 fully saturated rings. The molecule has 0 aliphatic carbocycles. The zero-order chi connectivity index (χ0) is 13.8. The molecular weight excluding hydrogens is 224 g/mol. The van der Waals surface area contributed by atoms with Gasteiger partial charge in [0.1, 0.15) is 5.60 Å². The number of carbonyl (C=O) groups is 1. The Balaban J connectivity index is 2.77. The molecular formula is C16H24O2. The first-order chi connectivity index (χ1) is 8.36. The highest BCUT2D eigenvalue weighted by Crippen LogP contribution is 2.22. The number of hydrogen-bond acceptors (Lipinski definition) is 2. The predicted molar refractivity (Wildman–Crippen MR) is 75.0 cm³/mol. The smallest absolute Gasteiger partial charge is 0.193 e. The Hall–Kier alpha value is -1.15. The first-order valence-electron chi connectivity index (χ1n) is 6.73. The van der Waals surface area contributed by atoms with E-state index in [9.17, 15) is 9.90 Å². The van der Waals surface area contributed by atoms with E-state index in [1.807, 2.05) is 24.3 Å². The van der Waals surface area contributed by atoms with Crippen molar-refractivity contribution in [2.24, 2.45) is 0 Å². The highest BCUT2D eigenvalue weighted by atomic mass is 16.3. The number of ketones is 1. The van der Waals surface area contributed by atoms with Gasteiger partial charge in [-0.25, -0.2) is 0 Å². The number of unbranched alkanes of at least 4 members (excludes halogenated alkanes) is 1. The Morgan fingerprint density at radius 3 is 2.28 bits per heavy atom. The molecule has 2 heteroatoms. The first-order valence-corrected chi connectivity index (χ1v) is 6.73. The van der Waals surface area contributed by atoms with E-state index in [4.69, 9.17) is 0 Å². The second-order valence-electron chi connectivity index (χ2n) is 5.55. The summed E-state index contributed by atoms with van der Waals surface area (Å²) in [6.07, 6.45) is 3.61. The van der Waals surface area contributed by atoms with Crippen molar-refractivity contribution in [1.82, 2.24) is 0 Å². The Labute approximate surface area is 110 Å². The number of Topliss-reactive ketones (excluding diaryl/α,β-unsaturated/α-hetero) is 1. The fourth-order valence-electron chi connectivity index (χ4n) is 1.99. The first kappa shape index (κ1) is 14.9. The largest absolute Gasteiger partial charge is 0.382 e. The van der Waals surface area contributed by atoms with Crippen LogP contribution in [-0.2, 0) is 0 Å². The van der Waals surface area contributed by atoms with Gasteiger partial charge in [-0.2, -0.15) is 0 Å². The standard InChI is InChI=1S/C16H24O2/c1-5-6-7-12(2)13-8-10-14(11-9-13)15(17)16(3,4)18/h8-12,18H,5-7H2,1-4H3. The van der Waals surface area contributed by atoms with Crippen LogP contribution in [0.3, 0.4) is 0 Å². The molecule has 1 aromatic carbocycles. The van der Waals surface area contributed by atoms with Gasteiger partial charge in [0.15, 0.2) is 5.78 Å². The second kappa shape index (κ2) is 6.14. The summed E-state index contributed by atoms with van der Waals surface area (Å²) in [6, 6.07) is 7.63. The second-order valence-corrected chi connectivity index (χ2v) is 5.55. The zero-order valence-electron chi connectivity index (χ0n) is 11.9. The molecule has 1 atom stereocenters. The predicted octanol–water partition coefficient (Wildman–Crippen LogP) is 3.93. The molecule has 0 aromatic heterocycles. The average Bonchev–Trinajstić information content (AvgIpc) is 2.34. The summed E-state index contributed by atoms with van der Waals surface area (Å²) in [7, 11) is 0. The van der Waals surface area contributed by atoms with Gasteiger partial charge in [0, 0.05) is 5.56 Å². The number of hydrogen-bond donors (Lipinski definition) is 1. The number of aliphatic hydroxyl groups is 1. The van der Waals surface area contributed by atoms with E-state index in [2.05, 4.69) is 13.8 Å². The van der Waals surface area contributed by atoms with Crippen molar-refractivity contribution in [3.05, 3.63) is 35.4 Å². The van der Waals surface area contributed by atoms with Crippen LogP contribution in [0.5, 0.6) is 0 Å². The quantitative estimate of drug-likeness (QED) is 0.774. The summed E-state index contributed by atoms with van der Waals surface area (Å²) >= 11 is 0. The van der Waals surface area contributed by atoms with Crippen LogP contribution in [0.1, 0.15) is 68.8 Å². The monoisotopic (exact) mass is 248 g/mol. The van der Waals surface area contributed by atoms with Gasteiger partial charge in [-0.3, -0.25) is 4.79 Å². The van der Waals surface area contributed by atoms with Gasteiger partial charge in [-0.05, 0) is 31.7 Å². The lowest BCUT2D eigenvalue weighted by atomic mass is 9.92. The lowest BCUT2D eigenvalue weighted by Crippen LogP contribution is -2.31. The molecule has 2 nitrogen and oxygen atoms in total. The number of benzene rings is 1. The van der Waals surface area contributed by atoms with Crippen molar-refractivity contribution in [3.8, 4) is 0 Å². The van der Waals surface area contributed by atoms with Crippen LogP contribution < -0.4 is 0 Å². The normalized spacial score (nSPS) is 13.4. The van der Waals surface area contributed by atoms with Crippen molar-refractivity contribution in [2.75, 3.05) is 0 Å². The molecule has 0 aliphatic rings. The van der Waals surface area contributed by atoms with E-state index in [-0.39, 0.29) is 5.78 Å². The molecule has 18 heavy (non-hydrogen) atoms. The van der Waals surface area contributed by atoms with Crippen molar-refractivity contribution in [2.45, 2.75) is 58.5 Å².